The zero-order chi connectivity index (χ0) is 23.7. The molecule has 10 heteroatoms. The lowest BCUT2D eigenvalue weighted by molar-refractivity contribution is 0.0929. The van der Waals surface area contributed by atoms with Crippen LogP contribution in [-0.2, 0) is 6.61 Å². The van der Waals surface area contributed by atoms with Crippen molar-refractivity contribution in [3.63, 3.8) is 0 Å². The maximum Gasteiger partial charge on any atom is 0.307 e. The van der Waals surface area contributed by atoms with Crippen molar-refractivity contribution in [1.82, 2.24) is 5.43 Å². The number of halogens is 3. The van der Waals surface area contributed by atoms with Gasteiger partial charge in [-0.3, -0.25) is 4.79 Å². The van der Waals surface area contributed by atoms with Crippen LogP contribution >= 0.6 is 54.5 Å². The molecule has 0 saturated heterocycles. The molecule has 0 atom stereocenters. The monoisotopic (exact) mass is 696 g/mol. The first-order valence-corrected chi connectivity index (χ1v) is 12.7. The normalized spacial score (nSPS) is 12.4. The van der Waals surface area contributed by atoms with Crippen LogP contribution in [0.5, 0.6) is 17.2 Å². The SMILES string of the molecule is O=C(N/N=C/c1cc(Br)c(OCc2ccc3c(c2)OCO3)c(I)c1)c1cc2cc(Br)ccc2o1. The minimum Gasteiger partial charge on any atom is -0.487 e. The average molecular weight is 698 g/mol. The molecule has 3 aromatic carbocycles. The van der Waals surface area contributed by atoms with Crippen LogP contribution in [0.2, 0.25) is 0 Å². The van der Waals surface area contributed by atoms with Crippen LogP contribution in [0.1, 0.15) is 21.7 Å². The summed E-state index contributed by atoms with van der Waals surface area (Å²) in [5, 5.41) is 4.89. The molecule has 0 spiro atoms. The van der Waals surface area contributed by atoms with Gasteiger partial charge in [-0.25, -0.2) is 5.43 Å². The summed E-state index contributed by atoms with van der Waals surface area (Å²) in [6.07, 6.45) is 1.56. The summed E-state index contributed by atoms with van der Waals surface area (Å²) in [6.45, 7) is 0.617. The molecule has 0 radical (unpaired) electrons. The van der Waals surface area contributed by atoms with Crippen molar-refractivity contribution in [3.05, 3.63) is 84.0 Å². The maximum absolute atomic E-state index is 12.4. The van der Waals surface area contributed by atoms with Gasteiger partial charge in [0.15, 0.2) is 17.3 Å². The van der Waals surface area contributed by atoms with Gasteiger partial charge in [0.2, 0.25) is 6.79 Å². The zero-order valence-corrected chi connectivity index (χ0v) is 22.6. The van der Waals surface area contributed by atoms with E-state index in [0.29, 0.717) is 17.9 Å². The number of hydrogen-bond donors (Lipinski definition) is 1. The highest BCUT2D eigenvalue weighted by Gasteiger charge is 2.15. The second-order valence-corrected chi connectivity index (χ2v) is 10.2. The van der Waals surface area contributed by atoms with E-state index in [4.69, 9.17) is 18.6 Å². The van der Waals surface area contributed by atoms with Crippen molar-refractivity contribution < 1.29 is 23.4 Å². The number of nitrogens with zero attached hydrogens (tertiary/aromatic N) is 1. The van der Waals surface area contributed by atoms with E-state index < -0.39 is 5.91 Å². The number of carbonyl (C=O) groups is 1. The summed E-state index contributed by atoms with van der Waals surface area (Å²) >= 11 is 9.17. The van der Waals surface area contributed by atoms with Gasteiger partial charge < -0.3 is 18.6 Å². The molecule has 1 aliphatic rings. The topological polar surface area (TPSA) is 82.3 Å². The Bertz CT molecular complexity index is 1410. The van der Waals surface area contributed by atoms with E-state index in [1.54, 1.807) is 18.3 Å². The number of hydrogen-bond acceptors (Lipinski definition) is 6. The molecule has 1 N–H and O–H groups in total. The molecule has 1 aliphatic heterocycles. The Kier molecular flexibility index (Phi) is 6.79. The standard InChI is InChI=1S/C24H15Br2IN2O5/c25-16-2-4-19-15(8-16)9-22(34-19)24(30)29-28-10-14-5-17(26)23(18(27)6-14)31-11-13-1-3-20-21(7-13)33-12-32-20/h1-10H,11-12H2,(H,29,30)/b28-10+. The van der Waals surface area contributed by atoms with Crippen molar-refractivity contribution >= 4 is 77.5 Å². The fourth-order valence-corrected chi connectivity index (χ4v) is 5.47. The lowest BCUT2D eigenvalue weighted by Gasteiger charge is -2.12. The van der Waals surface area contributed by atoms with Crippen molar-refractivity contribution in [1.29, 1.82) is 0 Å². The third-order valence-electron chi connectivity index (χ3n) is 4.92. The molecule has 0 saturated carbocycles. The molecule has 1 aromatic heterocycles. The third kappa shape index (κ3) is 5.08. The number of rotatable bonds is 6. The van der Waals surface area contributed by atoms with Gasteiger partial charge >= 0.3 is 5.91 Å². The van der Waals surface area contributed by atoms with E-state index in [9.17, 15) is 4.79 Å². The van der Waals surface area contributed by atoms with Gasteiger partial charge in [-0.05, 0) is 98.2 Å². The first kappa shape index (κ1) is 23.2. The fourth-order valence-electron chi connectivity index (χ4n) is 3.32. The molecule has 7 nitrogen and oxygen atoms in total. The van der Waals surface area contributed by atoms with Crippen LogP contribution in [0.4, 0.5) is 0 Å². The summed E-state index contributed by atoms with van der Waals surface area (Å²) < 4.78 is 24.9. The number of amides is 1. The molecular formula is C24H15Br2IN2O5. The highest BCUT2D eigenvalue weighted by molar-refractivity contribution is 14.1. The molecular weight excluding hydrogens is 683 g/mol. The molecule has 1 amide bonds. The molecule has 2 heterocycles. The van der Waals surface area contributed by atoms with Gasteiger partial charge in [-0.1, -0.05) is 22.0 Å². The zero-order valence-electron chi connectivity index (χ0n) is 17.3. The van der Waals surface area contributed by atoms with Crippen molar-refractivity contribution in [3.8, 4) is 17.2 Å². The largest absolute Gasteiger partial charge is 0.487 e. The molecule has 34 heavy (non-hydrogen) atoms. The van der Waals surface area contributed by atoms with Gasteiger partial charge in [-0.15, -0.1) is 0 Å². The van der Waals surface area contributed by atoms with E-state index in [1.807, 2.05) is 42.5 Å². The van der Waals surface area contributed by atoms with Crippen molar-refractivity contribution in [2.24, 2.45) is 5.10 Å². The summed E-state index contributed by atoms with van der Waals surface area (Å²) in [6, 6.07) is 16.7. The summed E-state index contributed by atoms with van der Waals surface area (Å²) in [4.78, 5) is 12.4. The van der Waals surface area contributed by atoms with Crippen LogP contribution in [0.15, 0.2) is 73.1 Å². The fraction of sp³-hybridized carbons (Fsp3) is 0.0833. The smallest absolute Gasteiger partial charge is 0.307 e. The Balaban J connectivity index is 1.23. The molecule has 0 fully saturated rings. The van der Waals surface area contributed by atoms with Crippen LogP contribution in [0.3, 0.4) is 0 Å². The molecule has 5 rings (SSSR count). The van der Waals surface area contributed by atoms with Gasteiger partial charge in [0, 0.05) is 9.86 Å². The van der Waals surface area contributed by atoms with Crippen molar-refractivity contribution in [2.45, 2.75) is 6.61 Å². The Labute approximate surface area is 224 Å². The molecule has 172 valence electrons. The minimum absolute atomic E-state index is 0.188. The number of hydrazone groups is 1. The van der Waals surface area contributed by atoms with Crippen LogP contribution in [0.25, 0.3) is 11.0 Å². The Morgan fingerprint density at radius 2 is 1.94 bits per heavy atom. The maximum atomic E-state index is 12.4. The summed E-state index contributed by atoms with van der Waals surface area (Å²) in [5.41, 5.74) is 4.89. The van der Waals surface area contributed by atoms with Gasteiger partial charge in [0.25, 0.3) is 0 Å². The van der Waals surface area contributed by atoms with Gasteiger partial charge in [-0.2, -0.15) is 5.10 Å². The Hall–Kier alpha value is -2.57. The highest BCUT2D eigenvalue weighted by Crippen LogP contribution is 2.35. The van der Waals surface area contributed by atoms with Crippen LogP contribution in [0, 0.1) is 3.57 Å². The minimum atomic E-state index is -0.430. The predicted molar refractivity (Wildman–Crippen MR) is 143 cm³/mol. The number of benzene rings is 3. The first-order chi connectivity index (χ1) is 16.5. The number of furan rings is 1. The molecule has 0 bridgehead atoms. The second-order valence-electron chi connectivity index (χ2n) is 7.28. The average Bonchev–Trinajstić information content (AvgIpc) is 3.44. The lowest BCUT2D eigenvalue weighted by Crippen LogP contribution is -2.16. The van der Waals surface area contributed by atoms with E-state index in [2.05, 4.69) is 65.0 Å². The number of fused-ring (bicyclic) bond motifs is 2. The van der Waals surface area contributed by atoms with Crippen LogP contribution in [-0.4, -0.2) is 18.9 Å². The molecule has 0 unspecified atom stereocenters. The lowest BCUT2D eigenvalue weighted by atomic mass is 10.2. The Morgan fingerprint density at radius 1 is 1.09 bits per heavy atom. The second kappa shape index (κ2) is 9.96. The molecule has 0 aliphatic carbocycles. The van der Waals surface area contributed by atoms with Crippen molar-refractivity contribution in [2.75, 3.05) is 6.79 Å². The van der Waals surface area contributed by atoms with E-state index in [0.717, 1.165) is 40.5 Å². The van der Waals surface area contributed by atoms with Gasteiger partial charge in [0.05, 0.1) is 14.3 Å². The number of nitrogens with one attached hydrogen (secondary N) is 1. The van der Waals surface area contributed by atoms with Crippen LogP contribution < -0.4 is 19.6 Å². The number of carbonyl (C=O) groups excluding carboxylic acids is 1. The van der Waals surface area contributed by atoms with E-state index >= 15 is 0 Å². The number of ether oxygens (including phenoxy) is 3. The summed E-state index contributed by atoms with van der Waals surface area (Å²) in [7, 11) is 0. The Morgan fingerprint density at radius 3 is 2.79 bits per heavy atom. The highest BCUT2D eigenvalue weighted by atomic mass is 127. The van der Waals surface area contributed by atoms with E-state index in [1.165, 1.54) is 0 Å². The molecule has 4 aromatic rings. The predicted octanol–water partition coefficient (Wildman–Crippen LogP) is 6.63. The van der Waals surface area contributed by atoms with Gasteiger partial charge in [0.1, 0.15) is 17.9 Å². The van der Waals surface area contributed by atoms with E-state index in [-0.39, 0.29) is 12.6 Å². The third-order valence-corrected chi connectivity index (χ3v) is 6.81. The summed E-state index contributed by atoms with van der Waals surface area (Å²) in [5.74, 6) is 1.94. The first-order valence-electron chi connectivity index (χ1n) is 9.99. The quantitative estimate of drug-likeness (QED) is 0.139.